The van der Waals surface area contributed by atoms with Crippen LogP contribution in [0.2, 0.25) is 0 Å². The number of phosphoric ester groups is 5. The first-order chi connectivity index (χ1) is 54.0. The lowest BCUT2D eigenvalue weighted by Crippen LogP contribution is -2.41. The van der Waals surface area contributed by atoms with E-state index in [0.29, 0.717) is 4.57 Å². The van der Waals surface area contributed by atoms with E-state index in [9.17, 15) is 71.4 Å². The number of nitrogens with zero attached hydrogens (tertiary/aromatic N) is 15. The van der Waals surface area contributed by atoms with Crippen LogP contribution in [0.1, 0.15) is 44.5 Å². The van der Waals surface area contributed by atoms with Gasteiger partial charge >= 0.3 is 5.69 Å². The van der Waals surface area contributed by atoms with Gasteiger partial charge in [-0.25, -0.2) is 53.4 Å². The number of aromatic amines is 3. The van der Waals surface area contributed by atoms with Gasteiger partial charge in [0.25, 0.3) is 55.8 Å². The second-order valence-electron chi connectivity index (χ2n) is 25.2. The number of halogens is 2. The van der Waals surface area contributed by atoms with Crippen molar-refractivity contribution >= 4 is 107 Å². The summed E-state index contributed by atoms with van der Waals surface area (Å²) in [6, 6.07) is 0.846. The van der Waals surface area contributed by atoms with Gasteiger partial charge in [0.1, 0.15) is 96.9 Å². The standard InChI is InChI=1S/C53H67F2N22O32P5/c1-5-18-32(35(93-2)50(100-18)77-17-67-29-43(77)70-52(59)72-45(29)80)107-112(87,88)99-10-21-33(36(94-3)48(103-21)73-7-6-23(78)68-53(73)81)108-114(91,92)97-9-20-31(25(55)47(102-20)76-16-66-28-42(76)69-51(58)71-44(28)79)106-111(85,86)98-11-22-34(37(95-4)49(104-22)75-15-65-27-39(57)61-13-63-41(27)75)109-113(89,90)96-8-19-30(105-110(82,83)84)24(54)46(101-19)74-14-64-26-38(56)60-12-62-40(26)74/h6-7,12-22,24-25,30-37,46-50H,5,8-11H2,1-4H3,(H,85,86)(H,87,88)(H,89,90)(H,91,92)(H2,56,60,62)(H2,57,61,63)(H,68,78,81)(H2,82,83,84)(H3,58,69,71,79)(H3,59,70,72,80)/p-5/t18-,19-,20-,21-,22-,24+,25+,30?,31?,32?,33?,34?,35+,36+,37+,46-,47-,48-,49-,50-/m1/s1. The molecule has 14 heterocycles. The lowest BCUT2D eigenvalue weighted by molar-refractivity contribution is -0.241. The Labute approximate surface area is 631 Å². The van der Waals surface area contributed by atoms with Gasteiger partial charge in [-0.05, 0) is 6.42 Å². The Hall–Kier alpha value is -8.23. The van der Waals surface area contributed by atoms with Crippen LogP contribution in [0.25, 0.3) is 44.7 Å². The number of phosphoric acid groups is 5. The van der Waals surface area contributed by atoms with E-state index in [2.05, 4.69) is 64.3 Å². The van der Waals surface area contributed by atoms with Gasteiger partial charge in [0, 0.05) is 33.6 Å². The number of nitrogens with two attached hydrogens (primary N) is 4. The van der Waals surface area contributed by atoms with Crippen LogP contribution in [-0.2, 0) is 101 Å². The molecule has 0 amide bonds. The SMILES string of the molecule is CC[C@H]1O[C@@H](n2cnc3c(=O)[nH]c(N)nc32)[C@@H](OC)C1OP(=O)([O-])OC[C@H]1O[C@@H](n2ccc(=O)[nH]c2=O)[C@@H](OC)C1OP(=O)([O-])OC[C@H]1O[C@@H](n2cnc3c(=O)[nH]c(N)nc32)[C@@H](F)C1OP(=O)([O-])OC[C@H]1O[C@@H](n2cnc3c(N)ncnc32)[C@@H](OC)C1OP(=O)([O-])OC[C@H]1O[C@@H](n2cnc3c(N)ncnc32)[C@@H](F)C1OP(=O)([O-])O. The molecule has 5 aliphatic rings. The third-order valence-corrected chi connectivity index (χ3v) is 22.7. The molecule has 0 radical (unpaired) electrons. The highest BCUT2D eigenvalue weighted by molar-refractivity contribution is 7.46. The highest BCUT2D eigenvalue weighted by Crippen LogP contribution is 2.54. The number of ether oxygens (including phenoxy) is 8. The van der Waals surface area contributed by atoms with Crippen molar-refractivity contribution in [1.82, 2.24) is 87.6 Å². The van der Waals surface area contributed by atoms with E-state index in [1.54, 1.807) is 6.92 Å². The quantitative estimate of drug-likeness (QED) is 0.0188. The van der Waals surface area contributed by atoms with Crippen LogP contribution in [0.15, 0.2) is 69.4 Å². The van der Waals surface area contributed by atoms with Crippen molar-refractivity contribution in [1.29, 1.82) is 0 Å². The maximum absolute atomic E-state index is 17.5. The maximum atomic E-state index is 17.5. The van der Waals surface area contributed by atoms with E-state index in [1.165, 1.54) is 11.7 Å². The summed E-state index contributed by atoms with van der Waals surface area (Å²) in [4.78, 5) is 176. The normalized spacial score (nSPS) is 31.3. The van der Waals surface area contributed by atoms with Gasteiger partial charge in [-0.3, -0.25) is 75.0 Å². The van der Waals surface area contributed by atoms with Crippen molar-refractivity contribution in [3.8, 4) is 0 Å². The van der Waals surface area contributed by atoms with Gasteiger partial charge in [0.15, 0.2) is 88.7 Å². The third-order valence-electron chi connectivity index (χ3n) is 18.4. The minimum atomic E-state index is -6.27. The molecule has 61 heteroatoms. The Balaban J connectivity index is 0.712. The lowest BCUT2D eigenvalue weighted by Gasteiger charge is -2.34. The van der Waals surface area contributed by atoms with Gasteiger partial charge < -0.3 is 131 Å². The zero-order valence-electron chi connectivity index (χ0n) is 58.3. The number of hydrogen-bond acceptors (Lipinski definition) is 45. The second kappa shape index (κ2) is 32.0. The molecule has 9 aromatic heterocycles. The predicted octanol–water partition coefficient (Wildman–Crippen LogP) is -5.24. The molecule has 10 unspecified atom stereocenters. The molecule has 114 heavy (non-hydrogen) atoms. The average Bonchev–Trinajstić information content (AvgIpc) is 1.63. The molecular formula is C53H62F2N22O32P5-5. The fourth-order valence-corrected chi connectivity index (χ4v) is 17.7. The topological polar surface area (TPSA) is 751 Å². The van der Waals surface area contributed by atoms with Crippen LogP contribution in [-0.4, -0.2) is 232 Å². The molecule has 0 bridgehead atoms. The van der Waals surface area contributed by atoms with E-state index < -0.39 is 228 Å². The van der Waals surface area contributed by atoms with Gasteiger partial charge in [-0.15, -0.1) is 0 Å². The lowest BCUT2D eigenvalue weighted by atomic mass is 10.1. The maximum Gasteiger partial charge on any atom is 0.330 e. The summed E-state index contributed by atoms with van der Waals surface area (Å²) in [6.45, 7) is -3.98. The van der Waals surface area contributed by atoms with Crippen LogP contribution in [0.5, 0.6) is 0 Å². The number of nitrogens with one attached hydrogen (secondary N) is 3. The number of H-pyrrole nitrogens is 3. The fraction of sp³-hybridized carbons (Fsp3) is 0.547. The summed E-state index contributed by atoms with van der Waals surface area (Å²) in [5.74, 6) is -1.22. The molecule has 0 aromatic carbocycles. The molecule has 14 rings (SSSR count). The molecule has 25 atom stereocenters. The van der Waals surface area contributed by atoms with E-state index >= 15 is 8.78 Å². The summed E-state index contributed by atoms with van der Waals surface area (Å²) < 4.78 is 202. The van der Waals surface area contributed by atoms with Crippen molar-refractivity contribution in [3.63, 3.8) is 0 Å². The zero-order chi connectivity index (χ0) is 81.6. The molecule has 12 N–H and O–H groups in total. The summed E-state index contributed by atoms with van der Waals surface area (Å²) in [7, 11) is -26.9. The Kier molecular flexibility index (Phi) is 23.1. The van der Waals surface area contributed by atoms with Crippen molar-refractivity contribution in [3.05, 3.63) is 91.8 Å². The zero-order valence-corrected chi connectivity index (χ0v) is 62.8. The Bertz CT molecular complexity index is 5600. The second-order valence-corrected chi connectivity index (χ2v) is 31.8. The molecule has 0 spiro atoms. The van der Waals surface area contributed by atoms with Crippen LogP contribution in [0.3, 0.4) is 0 Å². The average molecular weight is 1710 g/mol. The van der Waals surface area contributed by atoms with E-state index in [4.69, 9.17) is 97.0 Å². The Morgan fingerprint density at radius 1 is 0.447 bits per heavy atom. The summed E-state index contributed by atoms with van der Waals surface area (Å²) >= 11 is 0. The van der Waals surface area contributed by atoms with Crippen molar-refractivity contribution < 1.29 is 140 Å². The summed E-state index contributed by atoms with van der Waals surface area (Å²) in [5, 5.41) is 0. The predicted molar refractivity (Wildman–Crippen MR) is 356 cm³/mol. The Morgan fingerprint density at radius 3 is 1.18 bits per heavy atom. The highest BCUT2D eigenvalue weighted by atomic mass is 31.2. The fourth-order valence-electron chi connectivity index (χ4n) is 13.4. The van der Waals surface area contributed by atoms with Crippen molar-refractivity contribution in [2.75, 3.05) is 70.7 Å². The van der Waals surface area contributed by atoms with Gasteiger partial charge in [0.2, 0.25) is 11.9 Å². The number of imidazole rings is 4. The molecule has 54 nitrogen and oxygen atoms in total. The number of methoxy groups -OCH3 is 3. The number of aromatic nitrogens is 18. The van der Waals surface area contributed by atoms with Crippen LogP contribution < -0.4 is 69.8 Å². The minimum Gasteiger partial charge on any atom is -0.756 e. The van der Waals surface area contributed by atoms with E-state index in [1.807, 2.05) is 4.98 Å². The van der Waals surface area contributed by atoms with Gasteiger partial charge in [-0.2, -0.15) is 9.97 Å². The first kappa shape index (κ1) is 82.3. The van der Waals surface area contributed by atoms with Crippen molar-refractivity contribution in [2.24, 2.45) is 0 Å². The molecule has 5 fully saturated rings. The number of nitrogen functional groups attached to an aromatic ring is 4. The summed E-state index contributed by atoms with van der Waals surface area (Å²) in [6.07, 6.45) is -32.9. The molecule has 5 saturated heterocycles. The van der Waals surface area contributed by atoms with Crippen LogP contribution >= 0.6 is 39.1 Å². The van der Waals surface area contributed by atoms with Crippen LogP contribution in [0, 0.1) is 0 Å². The molecule has 0 aliphatic carbocycles. The molecule has 9 aromatic rings. The first-order valence-electron chi connectivity index (χ1n) is 33.0. The number of fused-ring (bicyclic) bond motifs is 4. The number of rotatable bonds is 31. The van der Waals surface area contributed by atoms with Crippen molar-refractivity contribution in [2.45, 2.75) is 136 Å². The number of anilines is 4. The van der Waals surface area contributed by atoms with E-state index in [0.717, 1.165) is 78.1 Å². The van der Waals surface area contributed by atoms with Gasteiger partial charge in [0.05, 0.1) is 57.8 Å². The van der Waals surface area contributed by atoms with Gasteiger partial charge in [-0.1, -0.05) is 6.92 Å². The number of alkyl halides is 2. The summed E-state index contributed by atoms with van der Waals surface area (Å²) in [5.41, 5.74) is 18.1. The Morgan fingerprint density at radius 2 is 0.781 bits per heavy atom. The molecular weight excluding hydrogens is 1650 g/mol. The van der Waals surface area contributed by atoms with Crippen LogP contribution in [0.4, 0.5) is 32.3 Å². The molecule has 5 aliphatic heterocycles. The minimum absolute atomic E-state index is 0.0534. The molecule has 620 valence electrons. The first-order valence-corrected chi connectivity index (χ1v) is 40.4. The smallest absolute Gasteiger partial charge is 0.330 e. The third kappa shape index (κ3) is 16.5. The molecule has 0 saturated carbocycles. The highest BCUT2D eigenvalue weighted by Gasteiger charge is 2.56. The number of hydrogen-bond donors (Lipinski definition) is 8. The monoisotopic (exact) mass is 1710 g/mol. The largest absolute Gasteiger partial charge is 0.756 e. The van der Waals surface area contributed by atoms with E-state index in [-0.39, 0.29) is 57.5 Å².